The van der Waals surface area contributed by atoms with Crippen LogP contribution in [0, 0.1) is 10.1 Å². The van der Waals surface area contributed by atoms with Crippen molar-refractivity contribution in [2.24, 2.45) is 5.73 Å². The Morgan fingerprint density at radius 2 is 1.85 bits per heavy atom. The average Bonchev–Trinajstić information content (AvgIpc) is 2.45. The first kappa shape index (κ1) is 15.9. The Bertz CT molecular complexity index is 469. The Balaban J connectivity index is 2.52. The number of nitro benzene ring substituents is 1. The second kappa shape index (κ2) is 6.85. The maximum atomic E-state index is 11.7. The van der Waals surface area contributed by atoms with Crippen molar-refractivity contribution >= 4 is 17.4 Å². The van der Waals surface area contributed by atoms with Gasteiger partial charge >= 0.3 is 6.03 Å². The molecule has 0 saturated carbocycles. The molecular weight excluding hydrogens is 260 g/mol. The van der Waals surface area contributed by atoms with E-state index in [1.54, 1.807) is 0 Å². The van der Waals surface area contributed by atoms with Crippen molar-refractivity contribution in [2.75, 3.05) is 11.9 Å². The van der Waals surface area contributed by atoms with E-state index in [9.17, 15) is 14.9 Å². The number of nitrogens with one attached hydrogen (secondary N) is 2. The van der Waals surface area contributed by atoms with Crippen LogP contribution in [0.5, 0.6) is 0 Å². The van der Waals surface area contributed by atoms with Gasteiger partial charge in [-0.25, -0.2) is 4.79 Å². The van der Waals surface area contributed by atoms with E-state index in [0.29, 0.717) is 12.2 Å². The summed E-state index contributed by atoms with van der Waals surface area (Å²) >= 11 is 0. The Morgan fingerprint density at radius 1 is 1.30 bits per heavy atom. The van der Waals surface area contributed by atoms with Gasteiger partial charge in [0.25, 0.3) is 5.69 Å². The van der Waals surface area contributed by atoms with Gasteiger partial charge in [-0.05, 0) is 25.0 Å². The van der Waals surface area contributed by atoms with E-state index >= 15 is 0 Å². The summed E-state index contributed by atoms with van der Waals surface area (Å²) in [7, 11) is 0. The lowest BCUT2D eigenvalue weighted by Crippen LogP contribution is -2.50. The van der Waals surface area contributed by atoms with Crippen molar-refractivity contribution < 1.29 is 9.72 Å². The molecule has 7 nitrogen and oxygen atoms in total. The number of urea groups is 1. The van der Waals surface area contributed by atoms with Gasteiger partial charge in [-0.1, -0.05) is 13.8 Å². The molecule has 0 spiro atoms. The molecule has 0 unspecified atom stereocenters. The zero-order valence-corrected chi connectivity index (χ0v) is 11.7. The summed E-state index contributed by atoms with van der Waals surface area (Å²) in [6, 6.07) is 5.25. The van der Waals surface area contributed by atoms with Gasteiger partial charge in [-0.2, -0.15) is 0 Å². The van der Waals surface area contributed by atoms with E-state index in [1.807, 2.05) is 13.8 Å². The van der Waals surface area contributed by atoms with E-state index in [2.05, 4.69) is 10.6 Å². The van der Waals surface area contributed by atoms with Crippen LogP contribution in [0.1, 0.15) is 26.7 Å². The van der Waals surface area contributed by atoms with Gasteiger partial charge < -0.3 is 16.4 Å². The van der Waals surface area contributed by atoms with Crippen LogP contribution >= 0.6 is 0 Å². The highest BCUT2D eigenvalue weighted by atomic mass is 16.6. The molecule has 0 atom stereocenters. The van der Waals surface area contributed by atoms with Crippen LogP contribution in [0.15, 0.2) is 24.3 Å². The molecule has 0 aliphatic carbocycles. The molecular formula is C13H20N4O3. The van der Waals surface area contributed by atoms with Crippen molar-refractivity contribution in [3.8, 4) is 0 Å². The number of benzene rings is 1. The summed E-state index contributed by atoms with van der Waals surface area (Å²) in [4.78, 5) is 21.7. The van der Waals surface area contributed by atoms with Crippen LogP contribution < -0.4 is 16.4 Å². The minimum Gasteiger partial charge on any atom is -0.336 e. The third-order valence-corrected chi connectivity index (χ3v) is 3.35. The highest BCUT2D eigenvalue weighted by Gasteiger charge is 2.20. The highest BCUT2D eigenvalue weighted by molar-refractivity contribution is 5.89. The van der Waals surface area contributed by atoms with Gasteiger partial charge in [0, 0.05) is 29.9 Å². The Kier molecular flexibility index (Phi) is 5.45. The zero-order chi connectivity index (χ0) is 15.2. The summed E-state index contributed by atoms with van der Waals surface area (Å²) in [6.45, 7) is 4.32. The number of carbonyl (C=O) groups is 1. The lowest BCUT2D eigenvalue weighted by molar-refractivity contribution is -0.384. The maximum absolute atomic E-state index is 11.7. The molecule has 0 fully saturated rings. The van der Waals surface area contributed by atoms with Crippen LogP contribution in [0.4, 0.5) is 16.2 Å². The Hall–Kier alpha value is -2.15. The number of nitrogens with zero attached hydrogens (tertiary/aromatic N) is 1. The van der Waals surface area contributed by atoms with Crippen molar-refractivity contribution in [2.45, 2.75) is 32.2 Å². The van der Waals surface area contributed by atoms with Gasteiger partial charge in [-0.15, -0.1) is 0 Å². The lowest BCUT2D eigenvalue weighted by atomic mass is 9.94. The molecule has 1 rings (SSSR count). The van der Waals surface area contributed by atoms with E-state index in [4.69, 9.17) is 5.73 Å². The molecule has 110 valence electrons. The molecule has 0 aromatic heterocycles. The van der Waals surface area contributed by atoms with Crippen molar-refractivity contribution in [3.63, 3.8) is 0 Å². The fourth-order valence-electron chi connectivity index (χ4n) is 1.60. The predicted molar refractivity (Wildman–Crippen MR) is 77.6 cm³/mol. The number of hydrogen-bond acceptors (Lipinski definition) is 4. The van der Waals surface area contributed by atoms with Crippen molar-refractivity contribution in [3.05, 3.63) is 34.4 Å². The largest absolute Gasteiger partial charge is 0.336 e. The van der Waals surface area contributed by atoms with E-state index in [0.717, 1.165) is 12.8 Å². The molecule has 0 aliphatic rings. The topological polar surface area (TPSA) is 110 Å². The van der Waals surface area contributed by atoms with Crippen LogP contribution in [0.2, 0.25) is 0 Å². The number of hydrogen-bond donors (Lipinski definition) is 3. The van der Waals surface area contributed by atoms with Gasteiger partial charge in [0.05, 0.1) is 4.92 Å². The van der Waals surface area contributed by atoms with E-state index in [1.165, 1.54) is 24.3 Å². The number of carbonyl (C=O) groups excluding carboxylic acids is 1. The molecule has 1 aromatic carbocycles. The number of non-ortho nitro benzene ring substituents is 1. The minimum absolute atomic E-state index is 0.0195. The van der Waals surface area contributed by atoms with E-state index in [-0.39, 0.29) is 11.7 Å². The van der Waals surface area contributed by atoms with Gasteiger partial charge in [-0.3, -0.25) is 10.1 Å². The standard InChI is InChI=1S/C13H20N4O3/c1-3-13(14,4-2)9-15-12(18)16-10-5-7-11(8-6-10)17(19)20/h5-8H,3-4,9,14H2,1-2H3,(H2,15,16,18). The molecule has 1 aromatic rings. The highest BCUT2D eigenvalue weighted by Crippen LogP contribution is 2.15. The van der Waals surface area contributed by atoms with Gasteiger partial charge in [0.1, 0.15) is 0 Å². The third kappa shape index (κ3) is 4.51. The van der Waals surface area contributed by atoms with Crippen LogP contribution in [-0.4, -0.2) is 23.0 Å². The number of rotatable bonds is 6. The van der Waals surface area contributed by atoms with Crippen LogP contribution in [0.25, 0.3) is 0 Å². The summed E-state index contributed by atoms with van der Waals surface area (Å²) in [5.41, 5.74) is 6.13. The van der Waals surface area contributed by atoms with Crippen molar-refractivity contribution in [1.29, 1.82) is 0 Å². The summed E-state index contributed by atoms with van der Waals surface area (Å²) in [5, 5.41) is 15.8. The fourth-order valence-corrected chi connectivity index (χ4v) is 1.60. The smallest absolute Gasteiger partial charge is 0.319 e. The molecule has 0 bridgehead atoms. The van der Waals surface area contributed by atoms with E-state index < -0.39 is 10.5 Å². The molecule has 0 heterocycles. The lowest BCUT2D eigenvalue weighted by Gasteiger charge is -2.26. The molecule has 7 heteroatoms. The van der Waals surface area contributed by atoms with Gasteiger partial charge in [0.15, 0.2) is 0 Å². The summed E-state index contributed by atoms with van der Waals surface area (Å²) < 4.78 is 0. The SMILES string of the molecule is CCC(N)(CC)CNC(=O)Nc1ccc([N+](=O)[O-])cc1. The number of nitrogens with two attached hydrogens (primary N) is 1. The number of nitro groups is 1. The Morgan fingerprint density at radius 3 is 2.30 bits per heavy atom. The Labute approximate surface area is 117 Å². The first-order valence-corrected chi connectivity index (χ1v) is 6.48. The minimum atomic E-state index is -0.491. The number of anilines is 1. The summed E-state index contributed by atoms with van der Waals surface area (Å²) in [6.07, 6.45) is 1.53. The molecule has 0 saturated heterocycles. The fraction of sp³-hybridized carbons (Fsp3) is 0.462. The quantitative estimate of drug-likeness (QED) is 0.548. The normalized spacial score (nSPS) is 10.9. The summed E-state index contributed by atoms with van der Waals surface area (Å²) in [5.74, 6) is 0. The zero-order valence-electron chi connectivity index (χ0n) is 11.7. The first-order chi connectivity index (χ1) is 9.40. The molecule has 0 aliphatic heterocycles. The monoisotopic (exact) mass is 280 g/mol. The second-order valence-electron chi connectivity index (χ2n) is 4.68. The maximum Gasteiger partial charge on any atom is 0.319 e. The third-order valence-electron chi connectivity index (χ3n) is 3.35. The van der Waals surface area contributed by atoms with Crippen LogP contribution in [-0.2, 0) is 0 Å². The van der Waals surface area contributed by atoms with Crippen molar-refractivity contribution in [1.82, 2.24) is 5.32 Å². The first-order valence-electron chi connectivity index (χ1n) is 6.48. The number of amides is 2. The molecule has 20 heavy (non-hydrogen) atoms. The second-order valence-corrected chi connectivity index (χ2v) is 4.68. The molecule has 2 amide bonds. The molecule has 0 radical (unpaired) electrons. The predicted octanol–water partition coefficient (Wildman–Crippen LogP) is 2.23. The van der Waals surface area contributed by atoms with Gasteiger partial charge in [0.2, 0.25) is 0 Å². The average molecular weight is 280 g/mol. The molecule has 4 N–H and O–H groups in total. The van der Waals surface area contributed by atoms with Crippen LogP contribution in [0.3, 0.4) is 0 Å².